The predicted octanol–water partition coefficient (Wildman–Crippen LogP) is 5.33. The van der Waals surface area contributed by atoms with Crippen molar-refractivity contribution in [2.24, 2.45) is 0 Å². The smallest absolute Gasteiger partial charge is 0.310 e. The van der Waals surface area contributed by atoms with Crippen molar-refractivity contribution in [1.82, 2.24) is 0 Å². The Labute approximate surface area is 159 Å². The lowest BCUT2D eigenvalue weighted by Gasteiger charge is -2.13. The number of ether oxygens (including phenoxy) is 2. The summed E-state index contributed by atoms with van der Waals surface area (Å²) in [5.41, 5.74) is 2.55. The van der Waals surface area contributed by atoms with Gasteiger partial charge in [-0.3, -0.25) is 4.79 Å². The molecule has 3 aromatic rings. The Morgan fingerprint density at radius 2 is 2.04 bits per heavy atom. The van der Waals surface area contributed by atoms with Crippen LogP contribution in [0.4, 0.5) is 4.39 Å². The zero-order valence-electron chi connectivity index (χ0n) is 14.5. The molecule has 0 aliphatic rings. The number of benzene rings is 2. The summed E-state index contributed by atoms with van der Waals surface area (Å²) in [6.45, 7) is 4.04. The van der Waals surface area contributed by atoms with Crippen LogP contribution in [-0.2, 0) is 22.6 Å². The Hall–Kier alpha value is -2.34. The van der Waals surface area contributed by atoms with E-state index in [4.69, 9.17) is 13.9 Å². The summed E-state index contributed by atoms with van der Waals surface area (Å²) < 4.78 is 31.4. The summed E-state index contributed by atoms with van der Waals surface area (Å²) in [7, 11) is 0. The molecule has 0 aliphatic heterocycles. The van der Waals surface area contributed by atoms with E-state index in [9.17, 15) is 9.18 Å². The third-order valence-electron chi connectivity index (χ3n) is 3.95. The van der Waals surface area contributed by atoms with E-state index in [1.807, 2.05) is 25.1 Å². The maximum absolute atomic E-state index is 14.6. The lowest BCUT2D eigenvalue weighted by Crippen LogP contribution is -2.09. The molecule has 0 atom stereocenters. The number of rotatable bonds is 6. The molecular weight excluding hydrogens is 403 g/mol. The molecule has 4 nitrogen and oxygen atoms in total. The fourth-order valence-corrected chi connectivity index (χ4v) is 3.28. The molecule has 0 saturated heterocycles. The molecule has 0 N–H and O–H groups in total. The molecule has 0 fully saturated rings. The Morgan fingerprint density at radius 3 is 2.81 bits per heavy atom. The minimum atomic E-state index is -0.378. The second kappa shape index (κ2) is 7.91. The number of hydrogen-bond donors (Lipinski definition) is 0. The maximum atomic E-state index is 14.6. The van der Waals surface area contributed by atoms with Crippen molar-refractivity contribution in [2.75, 3.05) is 6.61 Å². The molecule has 0 aliphatic carbocycles. The normalized spacial score (nSPS) is 10.9. The van der Waals surface area contributed by atoms with Gasteiger partial charge in [-0.2, -0.15) is 0 Å². The van der Waals surface area contributed by atoms with Gasteiger partial charge in [0.2, 0.25) is 0 Å². The second-order valence-electron chi connectivity index (χ2n) is 5.88. The van der Waals surface area contributed by atoms with Crippen LogP contribution in [0.5, 0.6) is 5.75 Å². The van der Waals surface area contributed by atoms with E-state index in [-0.39, 0.29) is 24.8 Å². The van der Waals surface area contributed by atoms with E-state index >= 15 is 0 Å². The van der Waals surface area contributed by atoms with Crippen molar-refractivity contribution in [2.45, 2.75) is 26.9 Å². The third-order valence-corrected chi connectivity index (χ3v) is 4.54. The fraction of sp³-hybridized carbons (Fsp3) is 0.250. The van der Waals surface area contributed by atoms with Crippen molar-refractivity contribution in [3.05, 3.63) is 63.6 Å². The molecule has 0 radical (unpaired) electrons. The van der Waals surface area contributed by atoms with Gasteiger partial charge in [0.05, 0.1) is 29.1 Å². The van der Waals surface area contributed by atoms with Crippen LogP contribution in [0.3, 0.4) is 0 Å². The van der Waals surface area contributed by atoms with E-state index in [1.165, 1.54) is 6.26 Å². The summed E-state index contributed by atoms with van der Waals surface area (Å²) >= 11 is 3.39. The van der Waals surface area contributed by atoms with Crippen LogP contribution >= 0.6 is 15.9 Å². The second-order valence-corrected chi connectivity index (χ2v) is 6.73. The Morgan fingerprint density at radius 1 is 1.23 bits per heavy atom. The first-order chi connectivity index (χ1) is 12.5. The lowest BCUT2D eigenvalue weighted by molar-refractivity contribution is -0.142. The van der Waals surface area contributed by atoms with Crippen LogP contribution in [0.25, 0.3) is 11.0 Å². The molecule has 0 spiro atoms. The summed E-state index contributed by atoms with van der Waals surface area (Å²) in [4.78, 5) is 11.8. The topological polar surface area (TPSA) is 48.7 Å². The minimum absolute atomic E-state index is 0.0326. The van der Waals surface area contributed by atoms with Gasteiger partial charge in [-0.15, -0.1) is 0 Å². The Balaban J connectivity index is 1.84. The number of furan rings is 1. The van der Waals surface area contributed by atoms with Crippen molar-refractivity contribution in [1.29, 1.82) is 0 Å². The first kappa shape index (κ1) is 18.5. The molecule has 0 saturated carbocycles. The number of halogens is 2. The van der Waals surface area contributed by atoms with Crippen molar-refractivity contribution >= 4 is 32.9 Å². The number of carbonyl (C=O) groups excluding carboxylic acids is 1. The summed E-state index contributed by atoms with van der Waals surface area (Å²) in [5.74, 6) is -0.160. The minimum Gasteiger partial charge on any atom is -0.488 e. The van der Waals surface area contributed by atoms with Gasteiger partial charge in [-0.25, -0.2) is 4.39 Å². The lowest BCUT2D eigenvalue weighted by atomic mass is 10.1. The number of carbonyl (C=O) groups is 1. The SMILES string of the molecule is CCOC(=O)Cc1ccc(C)cc1OCc1cc(Br)c2occc2c1F. The highest BCUT2D eigenvalue weighted by Gasteiger charge is 2.15. The first-order valence-electron chi connectivity index (χ1n) is 8.21. The van der Waals surface area contributed by atoms with Gasteiger partial charge in [0, 0.05) is 11.1 Å². The molecule has 0 bridgehead atoms. The zero-order valence-corrected chi connectivity index (χ0v) is 16.1. The standard InChI is InChI=1S/C20H18BrFO4/c1-3-24-18(23)10-13-5-4-12(2)8-17(13)26-11-14-9-16(21)20-15(19(14)22)6-7-25-20/h4-9H,3,10-11H2,1-2H3. The van der Waals surface area contributed by atoms with Gasteiger partial charge in [0.1, 0.15) is 18.2 Å². The van der Waals surface area contributed by atoms with Crippen LogP contribution in [0.1, 0.15) is 23.6 Å². The van der Waals surface area contributed by atoms with E-state index in [0.29, 0.717) is 38.9 Å². The van der Waals surface area contributed by atoms with E-state index in [1.54, 1.807) is 19.1 Å². The predicted molar refractivity (Wildman–Crippen MR) is 99.7 cm³/mol. The zero-order chi connectivity index (χ0) is 18.7. The monoisotopic (exact) mass is 420 g/mol. The molecule has 26 heavy (non-hydrogen) atoms. The van der Waals surface area contributed by atoms with Crippen LogP contribution in [0.15, 0.2) is 45.5 Å². The number of aryl methyl sites for hydroxylation is 1. The molecule has 0 amide bonds. The molecular formula is C20H18BrFO4. The highest BCUT2D eigenvalue weighted by molar-refractivity contribution is 9.10. The van der Waals surface area contributed by atoms with Crippen molar-refractivity contribution in [3.8, 4) is 5.75 Å². The summed E-state index contributed by atoms with van der Waals surface area (Å²) in [6, 6.07) is 8.78. The molecule has 136 valence electrons. The van der Waals surface area contributed by atoms with E-state index in [2.05, 4.69) is 15.9 Å². The molecule has 2 aromatic carbocycles. The average molecular weight is 421 g/mol. The van der Waals surface area contributed by atoms with Gasteiger partial charge in [-0.05, 0) is 53.5 Å². The van der Waals surface area contributed by atoms with Crippen LogP contribution in [-0.4, -0.2) is 12.6 Å². The van der Waals surface area contributed by atoms with E-state index < -0.39 is 0 Å². The van der Waals surface area contributed by atoms with Gasteiger partial charge in [0.15, 0.2) is 5.58 Å². The summed E-state index contributed by atoms with van der Waals surface area (Å²) in [5, 5.41) is 0.397. The highest BCUT2D eigenvalue weighted by Crippen LogP contribution is 2.31. The molecule has 6 heteroatoms. The van der Waals surface area contributed by atoms with E-state index in [0.717, 1.165) is 5.56 Å². The fourth-order valence-electron chi connectivity index (χ4n) is 2.69. The molecule has 1 heterocycles. The first-order valence-corrected chi connectivity index (χ1v) is 9.01. The van der Waals surface area contributed by atoms with Gasteiger partial charge >= 0.3 is 5.97 Å². The van der Waals surface area contributed by atoms with Crippen LogP contribution in [0.2, 0.25) is 0 Å². The van der Waals surface area contributed by atoms with Gasteiger partial charge in [-0.1, -0.05) is 12.1 Å². The van der Waals surface area contributed by atoms with Gasteiger partial charge < -0.3 is 13.9 Å². The largest absolute Gasteiger partial charge is 0.488 e. The average Bonchev–Trinajstić information content (AvgIpc) is 3.10. The Bertz CT molecular complexity index is 948. The number of hydrogen-bond acceptors (Lipinski definition) is 4. The quantitative estimate of drug-likeness (QED) is 0.505. The third kappa shape index (κ3) is 3.90. The highest BCUT2D eigenvalue weighted by atomic mass is 79.9. The number of fused-ring (bicyclic) bond motifs is 1. The number of esters is 1. The van der Waals surface area contributed by atoms with Crippen molar-refractivity contribution in [3.63, 3.8) is 0 Å². The van der Waals surface area contributed by atoms with Crippen LogP contribution in [0, 0.1) is 12.7 Å². The van der Waals surface area contributed by atoms with Crippen LogP contribution < -0.4 is 4.74 Å². The molecule has 0 unspecified atom stereocenters. The Kier molecular flexibility index (Phi) is 5.61. The maximum Gasteiger partial charge on any atom is 0.310 e. The van der Waals surface area contributed by atoms with Crippen molar-refractivity contribution < 1.29 is 23.1 Å². The summed E-state index contributed by atoms with van der Waals surface area (Å²) in [6.07, 6.45) is 1.55. The van der Waals surface area contributed by atoms with Gasteiger partial charge in [0.25, 0.3) is 0 Å². The molecule has 1 aromatic heterocycles. The molecule has 3 rings (SSSR count).